The summed E-state index contributed by atoms with van der Waals surface area (Å²) in [6.45, 7) is 1.46. The number of fused-ring (bicyclic) bond motifs is 1. The Hall–Kier alpha value is -3.34. The third-order valence-electron chi connectivity index (χ3n) is 4.82. The number of benzene rings is 2. The van der Waals surface area contributed by atoms with Crippen molar-refractivity contribution in [2.45, 2.75) is 11.8 Å². The third kappa shape index (κ3) is 5.72. The molecule has 0 saturated carbocycles. The Labute approximate surface area is 192 Å². The summed E-state index contributed by atoms with van der Waals surface area (Å²) in [6.07, 6.45) is 3.09. The van der Waals surface area contributed by atoms with Gasteiger partial charge in [-0.05, 0) is 31.2 Å². The molecule has 0 aliphatic carbocycles. The van der Waals surface area contributed by atoms with E-state index < -0.39 is 28.4 Å². The zero-order valence-corrected chi connectivity index (χ0v) is 19.2. The molecule has 3 rings (SSSR count). The average Bonchev–Trinajstić information content (AvgIpc) is 2.81. The molecule has 9 nitrogen and oxygen atoms in total. The second-order valence-electron chi connectivity index (χ2n) is 7.00. The lowest BCUT2D eigenvalue weighted by Gasteiger charge is -2.22. The maximum Gasteiger partial charge on any atom is 0.340 e. The highest BCUT2D eigenvalue weighted by molar-refractivity contribution is 7.89. The fourth-order valence-electron chi connectivity index (χ4n) is 3.26. The molecule has 0 saturated heterocycles. The zero-order chi connectivity index (χ0) is 23.8. The van der Waals surface area contributed by atoms with Gasteiger partial charge in [-0.1, -0.05) is 24.3 Å². The fraction of sp³-hybridized carbons (Fsp3) is 0.261. The molecule has 0 bridgehead atoms. The predicted molar refractivity (Wildman–Crippen MR) is 123 cm³/mol. The Kier molecular flexibility index (Phi) is 8.10. The van der Waals surface area contributed by atoms with E-state index in [4.69, 9.17) is 9.47 Å². The molecule has 2 aromatic carbocycles. The van der Waals surface area contributed by atoms with Crippen LogP contribution in [0.3, 0.4) is 0 Å². The standard InChI is InChI=1S/C23H25N3O6S/c1-3-32-23(28)19-8-4-5-9-20(19)25-22(27)16-26(13-14-31-2)33(29,30)21-10-6-7-17-15-24-12-11-18(17)21/h4-12,15H,3,13-14,16H2,1-2H3,(H,25,27). The first-order chi connectivity index (χ1) is 15.9. The molecule has 0 radical (unpaired) electrons. The first kappa shape index (κ1) is 24.3. The van der Waals surface area contributed by atoms with Gasteiger partial charge >= 0.3 is 5.97 Å². The molecule has 0 unspecified atom stereocenters. The quantitative estimate of drug-likeness (QED) is 0.452. The van der Waals surface area contributed by atoms with Crippen LogP contribution in [0.5, 0.6) is 0 Å². The Morgan fingerprint density at radius 1 is 1.09 bits per heavy atom. The predicted octanol–water partition coefficient (Wildman–Crippen LogP) is 2.69. The number of nitrogens with zero attached hydrogens (tertiary/aromatic N) is 2. The van der Waals surface area contributed by atoms with Crippen LogP contribution in [0.2, 0.25) is 0 Å². The van der Waals surface area contributed by atoms with E-state index in [1.165, 1.54) is 25.4 Å². The monoisotopic (exact) mass is 471 g/mol. The van der Waals surface area contributed by atoms with Crippen LogP contribution in [0.15, 0.2) is 65.8 Å². The molecule has 1 heterocycles. The number of para-hydroxylation sites is 1. The van der Waals surface area contributed by atoms with Gasteiger partial charge in [-0.25, -0.2) is 13.2 Å². The summed E-state index contributed by atoms with van der Waals surface area (Å²) < 4.78 is 38.1. The Morgan fingerprint density at radius 3 is 2.64 bits per heavy atom. The van der Waals surface area contributed by atoms with Gasteiger partial charge in [0.2, 0.25) is 15.9 Å². The van der Waals surface area contributed by atoms with Gasteiger partial charge in [0.05, 0.1) is 35.9 Å². The number of anilines is 1. The van der Waals surface area contributed by atoms with Crippen molar-refractivity contribution < 1.29 is 27.5 Å². The topological polar surface area (TPSA) is 115 Å². The molecule has 1 N–H and O–H groups in total. The van der Waals surface area contributed by atoms with Crippen LogP contribution in [-0.4, -0.2) is 63.0 Å². The van der Waals surface area contributed by atoms with Crippen molar-refractivity contribution in [2.75, 3.05) is 38.7 Å². The van der Waals surface area contributed by atoms with Gasteiger partial charge in [-0.3, -0.25) is 9.78 Å². The molecule has 0 atom stereocenters. The number of hydrogen-bond donors (Lipinski definition) is 1. The van der Waals surface area contributed by atoms with Crippen molar-refractivity contribution in [1.29, 1.82) is 0 Å². The number of hydrogen-bond acceptors (Lipinski definition) is 7. The van der Waals surface area contributed by atoms with Crippen LogP contribution in [-0.2, 0) is 24.3 Å². The minimum atomic E-state index is -4.05. The van der Waals surface area contributed by atoms with Crippen molar-refractivity contribution in [3.05, 3.63) is 66.5 Å². The highest BCUT2D eigenvalue weighted by Crippen LogP contribution is 2.25. The Balaban J connectivity index is 1.88. The van der Waals surface area contributed by atoms with E-state index in [1.807, 2.05) is 0 Å². The minimum Gasteiger partial charge on any atom is -0.462 e. The summed E-state index contributed by atoms with van der Waals surface area (Å²) in [4.78, 5) is 29.1. The van der Waals surface area contributed by atoms with Crippen LogP contribution in [0.4, 0.5) is 5.69 Å². The molecular formula is C23H25N3O6S. The van der Waals surface area contributed by atoms with Gasteiger partial charge in [-0.15, -0.1) is 0 Å². The summed E-state index contributed by atoms with van der Waals surface area (Å²) in [7, 11) is -2.60. The number of aromatic nitrogens is 1. The lowest BCUT2D eigenvalue weighted by molar-refractivity contribution is -0.116. The fourth-order valence-corrected chi connectivity index (χ4v) is 4.86. The van der Waals surface area contributed by atoms with E-state index in [2.05, 4.69) is 10.3 Å². The smallest absolute Gasteiger partial charge is 0.340 e. The van der Waals surface area contributed by atoms with Gasteiger partial charge in [0.1, 0.15) is 0 Å². The van der Waals surface area contributed by atoms with Crippen molar-refractivity contribution >= 4 is 38.4 Å². The number of methoxy groups -OCH3 is 1. The molecule has 1 aromatic heterocycles. The van der Waals surface area contributed by atoms with Crippen molar-refractivity contribution in [2.24, 2.45) is 0 Å². The van der Waals surface area contributed by atoms with E-state index in [0.29, 0.717) is 10.8 Å². The van der Waals surface area contributed by atoms with Gasteiger partial charge in [-0.2, -0.15) is 4.31 Å². The van der Waals surface area contributed by atoms with Crippen LogP contribution in [0.25, 0.3) is 10.8 Å². The number of sulfonamides is 1. The number of nitrogens with one attached hydrogen (secondary N) is 1. The van der Waals surface area contributed by atoms with Crippen LogP contribution >= 0.6 is 0 Å². The second-order valence-corrected chi connectivity index (χ2v) is 8.90. The first-order valence-corrected chi connectivity index (χ1v) is 11.7. The highest BCUT2D eigenvalue weighted by Gasteiger charge is 2.28. The summed E-state index contributed by atoms with van der Waals surface area (Å²) in [5.41, 5.74) is 0.418. The Morgan fingerprint density at radius 2 is 1.88 bits per heavy atom. The van der Waals surface area contributed by atoms with Crippen molar-refractivity contribution in [3.63, 3.8) is 0 Å². The number of amides is 1. The van der Waals surface area contributed by atoms with E-state index >= 15 is 0 Å². The molecule has 1 amide bonds. The molecule has 174 valence electrons. The number of carbonyl (C=O) groups excluding carboxylic acids is 2. The van der Waals surface area contributed by atoms with E-state index in [-0.39, 0.29) is 35.9 Å². The summed E-state index contributed by atoms with van der Waals surface area (Å²) >= 11 is 0. The second kappa shape index (κ2) is 11.0. The first-order valence-electron chi connectivity index (χ1n) is 10.3. The molecular weight excluding hydrogens is 446 g/mol. The molecule has 0 aliphatic rings. The third-order valence-corrected chi connectivity index (χ3v) is 6.72. The number of rotatable bonds is 10. The molecule has 0 fully saturated rings. The number of carbonyl (C=O) groups is 2. The van der Waals surface area contributed by atoms with Gasteiger partial charge in [0, 0.05) is 36.8 Å². The maximum atomic E-state index is 13.5. The molecule has 10 heteroatoms. The number of ether oxygens (including phenoxy) is 2. The lowest BCUT2D eigenvalue weighted by atomic mass is 10.2. The Bertz CT molecular complexity index is 1240. The summed E-state index contributed by atoms with van der Waals surface area (Å²) in [6, 6.07) is 12.9. The van der Waals surface area contributed by atoms with Gasteiger partial charge < -0.3 is 14.8 Å². The largest absolute Gasteiger partial charge is 0.462 e. The minimum absolute atomic E-state index is 0.0345. The van der Waals surface area contributed by atoms with E-state index in [0.717, 1.165) is 4.31 Å². The molecule has 33 heavy (non-hydrogen) atoms. The van der Waals surface area contributed by atoms with Gasteiger partial charge in [0.15, 0.2) is 0 Å². The maximum absolute atomic E-state index is 13.5. The van der Waals surface area contributed by atoms with Crippen LogP contribution in [0.1, 0.15) is 17.3 Å². The normalized spacial score (nSPS) is 11.5. The van der Waals surface area contributed by atoms with Crippen LogP contribution < -0.4 is 5.32 Å². The summed E-state index contributed by atoms with van der Waals surface area (Å²) in [5.74, 6) is -1.19. The lowest BCUT2D eigenvalue weighted by Crippen LogP contribution is -2.40. The average molecular weight is 472 g/mol. The zero-order valence-electron chi connectivity index (χ0n) is 18.4. The number of esters is 1. The highest BCUT2D eigenvalue weighted by atomic mass is 32.2. The molecule has 3 aromatic rings. The van der Waals surface area contributed by atoms with E-state index in [9.17, 15) is 18.0 Å². The van der Waals surface area contributed by atoms with E-state index in [1.54, 1.807) is 49.5 Å². The number of pyridine rings is 1. The van der Waals surface area contributed by atoms with Gasteiger partial charge in [0.25, 0.3) is 0 Å². The molecule has 0 spiro atoms. The van der Waals surface area contributed by atoms with Crippen molar-refractivity contribution in [1.82, 2.24) is 9.29 Å². The van der Waals surface area contributed by atoms with Crippen LogP contribution in [0, 0.1) is 0 Å². The molecule has 0 aliphatic heterocycles. The van der Waals surface area contributed by atoms with Crippen molar-refractivity contribution in [3.8, 4) is 0 Å². The SMILES string of the molecule is CCOC(=O)c1ccccc1NC(=O)CN(CCOC)S(=O)(=O)c1cccc2cnccc12. The summed E-state index contributed by atoms with van der Waals surface area (Å²) in [5, 5.41) is 3.79.